The Hall–Kier alpha value is -1.29. The van der Waals surface area contributed by atoms with Gasteiger partial charge in [0, 0.05) is 11.6 Å². The van der Waals surface area contributed by atoms with E-state index in [1.54, 1.807) is 0 Å². The number of aliphatic hydroxyl groups excluding tert-OH is 4. The van der Waals surface area contributed by atoms with Gasteiger partial charge in [-0.25, -0.2) is 0 Å². The Kier molecular flexibility index (Phi) is 6.72. The fourth-order valence-corrected chi connectivity index (χ4v) is 3.00. The molecule has 1 saturated heterocycles. The summed E-state index contributed by atoms with van der Waals surface area (Å²) in [7, 11) is 1.41. The lowest BCUT2D eigenvalue weighted by molar-refractivity contribution is -0.277. The fraction of sp³-hybridized carbons (Fsp3) is 0.625. The molecule has 8 nitrogen and oxygen atoms in total. The molecular weight excluding hydrogens is 356 g/mol. The van der Waals surface area contributed by atoms with Crippen LogP contribution in [0.4, 0.5) is 0 Å². The van der Waals surface area contributed by atoms with Crippen molar-refractivity contribution in [3.63, 3.8) is 0 Å². The van der Waals surface area contributed by atoms with Crippen LogP contribution in [-0.2, 0) is 11.2 Å². The largest absolute Gasteiger partial charge is 0.504 e. The second kappa shape index (κ2) is 8.39. The summed E-state index contributed by atoms with van der Waals surface area (Å²) in [5, 5.41) is 49.5. The lowest BCUT2D eigenvalue weighted by atomic mass is 9.99. The third-order valence-electron chi connectivity index (χ3n) is 4.06. The molecule has 5 N–H and O–H groups in total. The van der Waals surface area contributed by atoms with Crippen LogP contribution in [0.2, 0.25) is 5.02 Å². The van der Waals surface area contributed by atoms with Crippen LogP contribution in [0, 0.1) is 0 Å². The molecule has 1 aromatic carbocycles. The third kappa shape index (κ3) is 3.94. The van der Waals surface area contributed by atoms with E-state index in [9.17, 15) is 25.5 Å². The zero-order valence-electron chi connectivity index (χ0n) is 13.9. The molecule has 0 aliphatic carbocycles. The number of aliphatic hydroxyl groups is 4. The van der Waals surface area contributed by atoms with E-state index in [4.69, 9.17) is 25.8 Å². The van der Waals surface area contributed by atoms with Crippen LogP contribution in [-0.4, -0.2) is 70.0 Å². The molecule has 2 rings (SSSR count). The quantitative estimate of drug-likeness (QED) is 0.474. The van der Waals surface area contributed by atoms with Gasteiger partial charge < -0.3 is 39.7 Å². The molecule has 142 valence electrons. The number of hydrogen-bond acceptors (Lipinski definition) is 8. The highest BCUT2D eigenvalue weighted by molar-refractivity contribution is 6.33. The Morgan fingerprint density at radius 1 is 1.20 bits per heavy atom. The van der Waals surface area contributed by atoms with Crippen LogP contribution < -0.4 is 9.47 Å². The van der Waals surface area contributed by atoms with Gasteiger partial charge >= 0.3 is 0 Å². The van der Waals surface area contributed by atoms with Gasteiger partial charge in [-0.15, -0.1) is 0 Å². The SMILES string of the molecule is CCCc1c(Cl)c(OC)cc(O)c1O[C@@H]1O[C@H](CO)[C@@H](O)[C@H](O)[C@H]1O. The van der Waals surface area contributed by atoms with Crippen molar-refractivity contribution in [2.24, 2.45) is 0 Å². The van der Waals surface area contributed by atoms with E-state index in [2.05, 4.69) is 0 Å². The standard InChI is InChI=1S/C16H23ClO8/c1-3-4-7-11(17)9(23-2)5-8(19)15(7)25-16-14(22)13(21)12(20)10(6-18)24-16/h5,10,12-14,16,18-22H,3-4,6H2,1-2H3/t10-,12-,13+,14-,16+/m1/s1. The number of aromatic hydroxyl groups is 1. The topological polar surface area (TPSA) is 129 Å². The van der Waals surface area contributed by atoms with Crippen molar-refractivity contribution in [2.75, 3.05) is 13.7 Å². The van der Waals surface area contributed by atoms with Gasteiger partial charge in [-0.05, 0) is 6.42 Å². The average Bonchev–Trinajstić information content (AvgIpc) is 2.60. The summed E-state index contributed by atoms with van der Waals surface area (Å²) in [6.45, 7) is 1.33. The molecule has 1 aromatic rings. The van der Waals surface area contributed by atoms with Crippen molar-refractivity contribution in [2.45, 2.75) is 50.5 Å². The molecule has 1 aliphatic rings. The second-order valence-corrected chi connectivity index (χ2v) is 6.16. The van der Waals surface area contributed by atoms with E-state index in [0.29, 0.717) is 18.4 Å². The zero-order chi connectivity index (χ0) is 18.7. The maximum Gasteiger partial charge on any atom is 0.229 e. The lowest BCUT2D eigenvalue weighted by Crippen LogP contribution is -2.60. The van der Waals surface area contributed by atoms with Crippen molar-refractivity contribution in [3.05, 3.63) is 16.7 Å². The first-order valence-corrected chi connectivity index (χ1v) is 8.28. The smallest absolute Gasteiger partial charge is 0.229 e. The minimum Gasteiger partial charge on any atom is -0.504 e. The van der Waals surface area contributed by atoms with Crippen LogP contribution in [0.1, 0.15) is 18.9 Å². The molecular formula is C16H23ClO8. The summed E-state index contributed by atoms with van der Waals surface area (Å²) in [5.74, 6) is -0.0255. The summed E-state index contributed by atoms with van der Waals surface area (Å²) in [6, 6.07) is 1.26. The first-order chi connectivity index (χ1) is 11.8. The van der Waals surface area contributed by atoms with Crippen molar-refractivity contribution in [3.8, 4) is 17.2 Å². The minimum absolute atomic E-state index is 0.0167. The van der Waals surface area contributed by atoms with Crippen LogP contribution in [0.25, 0.3) is 0 Å². The van der Waals surface area contributed by atoms with Crippen LogP contribution >= 0.6 is 11.6 Å². The second-order valence-electron chi connectivity index (χ2n) is 5.78. The molecule has 25 heavy (non-hydrogen) atoms. The minimum atomic E-state index is -1.59. The Labute approximate surface area is 150 Å². The number of phenols is 1. The van der Waals surface area contributed by atoms with Crippen molar-refractivity contribution in [1.82, 2.24) is 0 Å². The van der Waals surface area contributed by atoms with Gasteiger partial charge in [-0.1, -0.05) is 24.9 Å². The van der Waals surface area contributed by atoms with Gasteiger partial charge in [0.1, 0.15) is 30.2 Å². The summed E-state index contributed by atoms with van der Waals surface area (Å²) < 4.78 is 16.0. The number of rotatable bonds is 6. The Morgan fingerprint density at radius 3 is 2.44 bits per heavy atom. The molecule has 1 aliphatic heterocycles. The van der Waals surface area contributed by atoms with Gasteiger partial charge in [-0.3, -0.25) is 0 Å². The average molecular weight is 379 g/mol. The van der Waals surface area contributed by atoms with E-state index in [1.807, 2.05) is 6.92 Å². The van der Waals surface area contributed by atoms with Crippen LogP contribution in [0.3, 0.4) is 0 Å². The van der Waals surface area contributed by atoms with Crippen molar-refractivity contribution < 1.29 is 39.7 Å². The maximum absolute atomic E-state index is 10.3. The molecule has 9 heteroatoms. The summed E-state index contributed by atoms with van der Waals surface area (Å²) in [5.41, 5.74) is 0.456. The molecule has 0 unspecified atom stereocenters. The number of methoxy groups -OCH3 is 1. The normalized spacial score (nSPS) is 29.5. The molecule has 0 radical (unpaired) electrons. The third-order valence-corrected chi connectivity index (χ3v) is 4.47. The summed E-state index contributed by atoms with van der Waals surface area (Å²) in [4.78, 5) is 0. The number of halogens is 1. The molecule has 1 heterocycles. The molecule has 5 atom stereocenters. The summed E-state index contributed by atoms with van der Waals surface area (Å²) >= 11 is 6.28. The van der Waals surface area contributed by atoms with E-state index >= 15 is 0 Å². The highest BCUT2D eigenvalue weighted by atomic mass is 35.5. The lowest BCUT2D eigenvalue weighted by Gasteiger charge is -2.39. The molecule has 0 aromatic heterocycles. The monoisotopic (exact) mass is 378 g/mol. The number of phenolic OH excluding ortho intramolecular Hbond substituents is 1. The molecule has 0 bridgehead atoms. The van der Waals surface area contributed by atoms with E-state index in [-0.39, 0.29) is 22.3 Å². The molecule has 0 amide bonds. The van der Waals surface area contributed by atoms with Crippen molar-refractivity contribution in [1.29, 1.82) is 0 Å². The van der Waals surface area contributed by atoms with Crippen LogP contribution in [0.5, 0.6) is 17.2 Å². The summed E-state index contributed by atoms with van der Waals surface area (Å²) in [6.07, 6.45) is -6.05. The van der Waals surface area contributed by atoms with E-state index in [1.165, 1.54) is 13.2 Å². The highest BCUT2D eigenvalue weighted by Crippen LogP contribution is 2.43. The first-order valence-electron chi connectivity index (χ1n) is 7.91. The molecule has 1 fully saturated rings. The van der Waals surface area contributed by atoms with Gasteiger partial charge in [0.2, 0.25) is 6.29 Å². The highest BCUT2D eigenvalue weighted by Gasteiger charge is 2.45. The predicted molar refractivity (Wildman–Crippen MR) is 88.1 cm³/mol. The zero-order valence-corrected chi connectivity index (χ0v) is 14.7. The number of hydrogen-bond donors (Lipinski definition) is 5. The van der Waals surface area contributed by atoms with Gasteiger partial charge in [-0.2, -0.15) is 0 Å². The Balaban J connectivity index is 2.37. The Bertz CT molecular complexity index is 594. The Morgan fingerprint density at radius 2 is 1.88 bits per heavy atom. The number of benzene rings is 1. The van der Waals surface area contributed by atoms with Crippen molar-refractivity contribution >= 4 is 11.6 Å². The van der Waals surface area contributed by atoms with E-state index < -0.39 is 37.3 Å². The first kappa shape index (κ1) is 20.0. The predicted octanol–water partition coefficient (Wildman–Crippen LogP) is 0.185. The number of ether oxygens (including phenoxy) is 3. The van der Waals surface area contributed by atoms with Crippen LogP contribution in [0.15, 0.2) is 6.07 Å². The maximum atomic E-state index is 10.3. The van der Waals surface area contributed by atoms with Gasteiger partial charge in [0.15, 0.2) is 11.5 Å². The molecule has 0 saturated carbocycles. The molecule has 0 spiro atoms. The van der Waals surface area contributed by atoms with Gasteiger partial charge in [0.05, 0.1) is 18.7 Å². The fourth-order valence-electron chi connectivity index (χ4n) is 2.69. The van der Waals surface area contributed by atoms with E-state index in [0.717, 1.165) is 0 Å². The van der Waals surface area contributed by atoms with Gasteiger partial charge in [0.25, 0.3) is 0 Å².